The van der Waals surface area contributed by atoms with E-state index in [1.165, 1.54) is 18.2 Å². The van der Waals surface area contributed by atoms with Crippen molar-refractivity contribution in [1.29, 1.82) is 0 Å². The molecule has 3 N–H and O–H groups in total. The number of anilines is 1. The Labute approximate surface area is 241 Å². The van der Waals surface area contributed by atoms with Crippen molar-refractivity contribution in [3.05, 3.63) is 76.7 Å². The van der Waals surface area contributed by atoms with Gasteiger partial charge in [0.25, 0.3) is 5.91 Å². The van der Waals surface area contributed by atoms with Gasteiger partial charge in [-0.3, -0.25) is 9.78 Å². The van der Waals surface area contributed by atoms with Gasteiger partial charge in [-0.15, -0.1) is 0 Å². The van der Waals surface area contributed by atoms with E-state index in [2.05, 4.69) is 36.1 Å². The van der Waals surface area contributed by atoms with Gasteiger partial charge < -0.3 is 15.8 Å². The van der Waals surface area contributed by atoms with E-state index in [1.807, 2.05) is 12.1 Å². The lowest BCUT2D eigenvalue weighted by atomic mass is 9.66. The average Bonchev–Trinajstić information content (AvgIpc) is 2.95. The highest BCUT2D eigenvalue weighted by atomic mass is 19.1. The van der Waals surface area contributed by atoms with E-state index in [0.717, 1.165) is 36.8 Å². The number of hydrogen-bond donors (Lipinski definition) is 2. The summed E-state index contributed by atoms with van der Waals surface area (Å²) in [5, 5.41) is 2.94. The summed E-state index contributed by atoms with van der Waals surface area (Å²) in [6.45, 7) is 9.71. The second-order valence-corrected chi connectivity index (χ2v) is 12.1. The Morgan fingerprint density at radius 2 is 1.83 bits per heavy atom. The van der Waals surface area contributed by atoms with Gasteiger partial charge in [-0.05, 0) is 103 Å². The first-order valence-corrected chi connectivity index (χ1v) is 14.7. The van der Waals surface area contributed by atoms with Crippen LogP contribution in [-0.2, 0) is 4.74 Å². The molecule has 1 saturated carbocycles. The second-order valence-electron chi connectivity index (χ2n) is 12.1. The highest BCUT2D eigenvalue weighted by Gasteiger charge is 2.36. The molecule has 4 unspecified atom stereocenters. The zero-order valence-corrected chi connectivity index (χ0v) is 24.3. The molecule has 0 spiro atoms. The van der Waals surface area contributed by atoms with E-state index in [4.69, 9.17) is 10.5 Å². The van der Waals surface area contributed by atoms with Crippen LogP contribution in [0.4, 0.5) is 14.5 Å². The number of pyridine rings is 2. The van der Waals surface area contributed by atoms with Gasteiger partial charge in [0.15, 0.2) is 0 Å². The molecule has 2 aliphatic rings. The third-order valence-corrected chi connectivity index (χ3v) is 9.18. The average molecular weight is 563 g/mol. The van der Waals surface area contributed by atoms with E-state index in [0.29, 0.717) is 42.2 Å². The van der Waals surface area contributed by atoms with Gasteiger partial charge >= 0.3 is 0 Å². The largest absolute Gasteiger partial charge is 0.381 e. The molecule has 1 aromatic carbocycles. The monoisotopic (exact) mass is 562 g/mol. The first kappa shape index (κ1) is 29.3. The Morgan fingerprint density at radius 1 is 1.07 bits per heavy atom. The van der Waals surface area contributed by atoms with Crippen molar-refractivity contribution in [2.24, 2.45) is 23.5 Å². The summed E-state index contributed by atoms with van der Waals surface area (Å²) in [6, 6.07) is 7.85. The zero-order chi connectivity index (χ0) is 29.3. The number of ether oxygens (including phenoxy) is 1. The molecule has 2 aromatic heterocycles. The molecule has 3 heterocycles. The number of nitrogens with two attached hydrogens (primary N) is 1. The number of aryl methyl sites for hydroxylation is 1. The first-order chi connectivity index (χ1) is 19.6. The van der Waals surface area contributed by atoms with E-state index >= 15 is 8.78 Å². The SMILES string of the molecule is Cc1cc(C2CCOCC2)cc(F)c1-c1nc(C(=O)Nc2cnccc2C2CC(N)C(C)C(C(C)C)C2)ccc1F. The van der Waals surface area contributed by atoms with Crippen LogP contribution >= 0.6 is 0 Å². The fourth-order valence-corrected chi connectivity index (χ4v) is 6.77. The number of hydrogen-bond acceptors (Lipinski definition) is 5. The minimum Gasteiger partial charge on any atom is -0.381 e. The second kappa shape index (κ2) is 12.3. The van der Waals surface area contributed by atoms with Crippen molar-refractivity contribution >= 4 is 11.6 Å². The maximum Gasteiger partial charge on any atom is 0.274 e. The lowest BCUT2D eigenvalue weighted by molar-refractivity contribution is 0.0852. The number of aromatic nitrogens is 2. The van der Waals surface area contributed by atoms with Gasteiger partial charge in [-0.2, -0.15) is 0 Å². The molecule has 218 valence electrons. The van der Waals surface area contributed by atoms with Gasteiger partial charge in [0.05, 0.1) is 11.9 Å². The summed E-state index contributed by atoms with van der Waals surface area (Å²) >= 11 is 0. The molecule has 5 rings (SSSR count). The van der Waals surface area contributed by atoms with Crippen LogP contribution in [0.5, 0.6) is 0 Å². The summed E-state index contributed by atoms with van der Waals surface area (Å²) in [4.78, 5) is 22.0. The molecule has 1 aliphatic heterocycles. The fourth-order valence-electron chi connectivity index (χ4n) is 6.77. The molecule has 0 bridgehead atoms. The number of halogens is 2. The van der Waals surface area contributed by atoms with Gasteiger partial charge in [-0.25, -0.2) is 13.8 Å². The predicted octanol–water partition coefficient (Wildman–Crippen LogP) is 6.99. The Kier molecular flexibility index (Phi) is 8.80. The fraction of sp³-hybridized carbons (Fsp3) is 0.485. The summed E-state index contributed by atoms with van der Waals surface area (Å²) < 4.78 is 35.9. The molecule has 1 aliphatic carbocycles. The van der Waals surface area contributed by atoms with Crippen molar-refractivity contribution in [1.82, 2.24) is 9.97 Å². The highest BCUT2D eigenvalue weighted by Crippen LogP contribution is 2.44. The highest BCUT2D eigenvalue weighted by molar-refractivity contribution is 6.03. The molecule has 2 fully saturated rings. The topological polar surface area (TPSA) is 90.1 Å². The van der Waals surface area contributed by atoms with Crippen molar-refractivity contribution < 1.29 is 18.3 Å². The van der Waals surface area contributed by atoms with Crippen LogP contribution in [0.1, 0.15) is 85.5 Å². The number of nitrogens with one attached hydrogen (secondary N) is 1. The number of carbonyl (C=O) groups excluding carboxylic acids is 1. The molecule has 6 nitrogen and oxygen atoms in total. The van der Waals surface area contributed by atoms with Gasteiger partial charge in [0.2, 0.25) is 0 Å². The number of nitrogens with zero attached hydrogens (tertiary/aromatic N) is 2. The quantitative estimate of drug-likeness (QED) is 0.338. The number of benzene rings is 1. The smallest absolute Gasteiger partial charge is 0.274 e. The number of carbonyl (C=O) groups is 1. The molecule has 41 heavy (non-hydrogen) atoms. The molecule has 1 amide bonds. The van der Waals surface area contributed by atoms with E-state index in [9.17, 15) is 4.79 Å². The standard InChI is InChI=1S/C33H40F2N4O2/c1-18(2)25-14-23(16-28(36)20(25)4)24-7-10-37-17-30(24)39-33(40)29-6-5-26(34)32(38-29)31-19(3)13-22(15-27(31)35)21-8-11-41-12-9-21/h5-7,10,13,15,17-18,20-21,23,25,28H,8-9,11-12,14,16,36H2,1-4H3,(H,39,40). The van der Waals surface area contributed by atoms with E-state index in [-0.39, 0.29) is 34.8 Å². The zero-order valence-electron chi connectivity index (χ0n) is 24.3. The summed E-state index contributed by atoms with van der Waals surface area (Å²) in [7, 11) is 0. The van der Waals surface area contributed by atoms with Crippen LogP contribution in [0.25, 0.3) is 11.3 Å². The number of rotatable bonds is 6. The number of amides is 1. The minimum absolute atomic E-state index is 0.00228. The van der Waals surface area contributed by atoms with E-state index in [1.54, 1.807) is 19.3 Å². The molecular weight excluding hydrogens is 522 g/mol. The predicted molar refractivity (Wildman–Crippen MR) is 157 cm³/mol. The first-order valence-electron chi connectivity index (χ1n) is 14.7. The van der Waals surface area contributed by atoms with Crippen LogP contribution in [0.2, 0.25) is 0 Å². The van der Waals surface area contributed by atoms with Gasteiger partial charge in [0, 0.05) is 31.0 Å². The Balaban J connectivity index is 1.41. The Morgan fingerprint density at radius 3 is 2.54 bits per heavy atom. The lowest BCUT2D eigenvalue weighted by Crippen LogP contribution is -2.41. The molecule has 8 heteroatoms. The molecule has 0 radical (unpaired) electrons. The molecule has 4 atom stereocenters. The van der Waals surface area contributed by atoms with Gasteiger partial charge in [-0.1, -0.05) is 26.8 Å². The normalized spacial score (nSPS) is 23.5. The van der Waals surface area contributed by atoms with Crippen molar-refractivity contribution in [3.8, 4) is 11.3 Å². The van der Waals surface area contributed by atoms with Crippen LogP contribution in [0.15, 0.2) is 42.7 Å². The Hall–Kier alpha value is -3.23. The van der Waals surface area contributed by atoms with E-state index < -0.39 is 17.5 Å². The van der Waals surface area contributed by atoms with Crippen molar-refractivity contribution in [3.63, 3.8) is 0 Å². The van der Waals surface area contributed by atoms with Crippen LogP contribution in [0.3, 0.4) is 0 Å². The summed E-state index contributed by atoms with van der Waals surface area (Å²) in [6.07, 6.45) is 6.79. The molecule has 1 saturated heterocycles. The lowest BCUT2D eigenvalue weighted by Gasteiger charge is -2.41. The van der Waals surface area contributed by atoms with Crippen molar-refractivity contribution in [2.75, 3.05) is 18.5 Å². The Bertz CT molecular complexity index is 1380. The molecular formula is C33H40F2N4O2. The summed E-state index contributed by atoms with van der Waals surface area (Å²) in [5.41, 5.74) is 9.46. The van der Waals surface area contributed by atoms with Crippen molar-refractivity contribution in [2.45, 2.75) is 71.3 Å². The minimum atomic E-state index is -0.686. The third-order valence-electron chi connectivity index (χ3n) is 9.18. The third kappa shape index (κ3) is 6.19. The molecule has 3 aromatic rings. The van der Waals surface area contributed by atoms with Crippen LogP contribution in [-0.4, -0.2) is 35.1 Å². The van der Waals surface area contributed by atoms with Crippen LogP contribution < -0.4 is 11.1 Å². The maximum atomic E-state index is 15.5. The van der Waals surface area contributed by atoms with Crippen LogP contribution in [0, 0.1) is 36.3 Å². The van der Waals surface area contributed by atoms with Gasteiger partial charge in [0.1, 0.15) is 23.0 Å². The maximum absolute atomic E-state index is 15.5. The summed E-state index contributed by atoms with van der Waals surface area (Å²) in [5.74, 6) is 0.0192.